The minimum Gasteiger partial charge on any atom is -0.352 e. The van der Waals surface area contributed by atoms with E-state index in [9.17, 15) is 4.79 Å². The number of fused-ring (bicyclic) bond motifs is 1. The van der Waals surface area contributed by atoms with Crippen LogP contribution < -0.4 is 11.1 Å². The van der Waals surface area contributed by atoms with Crippen molar-refractivity contribution in [3.63, 3.8) is 0 Å². The molecule has 0 bridgehead atoms. The first kappa shape index (κ1) is 13.4. The van der Waals surface area contributed by atoms with Crippen molar-refractivity contribution in [2.45, 2.75) is 69.5 Å². The Morgan fingerprint density at radius 2 is 1.79 bits per heavy atom. The molecule has 2 heterocycles. The average molecular weight is 265 g/mol. The summed E-state index contributed by atoms with van der Waals surface area (Å²) in [4.78, 5) is 14.9. The first-order chi connectivity index (χ1) is 9.24. The second-order valence-corrected chi connectivity index (χ2v) is 6.61. The van der Waals surface area contributed by atoms with Gasteiger partial charge in [0.2, 0.25) is 5.91 Å². The van der Waals surface area contributed by atoms with Crippen LogP contribution in [0.15, 0.2) is 0 Å². The van der Waals surface area contributed by atoms with Crippen molar-refractivity contribution >= 4 is 5.91 Å². The van der Waals surface area contributed by atoms with Gasteiger partial charge in [0.1, 0.15) is 0 Å². The van der Waals surface area contributed by atoms with Gasteiger partial charge in [0, 0.05) is 30.6 Å². The molecule has 0 radical (unpaired) electrons. The zero-order valence-corrected chi connectivity index (χ0v) is 11.8. The van der Waals surface area contributed by atoms with Gasteiger partial charge >= 0.3 is 0 Å². The monoisotopic (exact) mass is 265 g/mol. The number of hydrogen-bond acceptors (Lipinski definition) is 3. The summed E-state index contributed by atoms with van der Waals surface area (Å²) in [6.45, 7) is 2.40. The molecule has 19 heavy (non-hydrogen) atoms. The number of amides is 1. The summed E-state index contributed by atoms with van der Waals surface area (Å²) in [5.74, 6) is 0.516. The Morgan fingerprint density at radius 3 is 2.58 bits per heavy atom. The normalized spacial score (nSPS) is 39.8. The fourth-order valence-corrected chi connectivity index (χ4v) is 4.10. The Labute approximate surface area is 116 Å². The fraction of sp³-hybridized carbons (Fsp3) is 0.933. The van der Waals surface area contributed by atoms with Crippen LogP contribution in [0.3, 0.4) is 0 Å². The molecule has 3 fully saturated rings. The van der Waals surface area contributed by atoms with Crippen molar-refractivity contribution in [3.05, 3.63) is 0 Å². The molecule has 2 saturated heterocycles. The average Bonchev–Trinajstić information content (AvgIpc) is 2.83. The van der Waals surface area contributed by atoms with Crippen molar-refractivity contribution < 1.29 is 4.79 Å². The zero-order valence-electron chi connectivity index (χ0n) is 11.8. The van der Waals surface area contributed by atoms with Gasteiger partial charge < -0.3 is 11.1 Å². The molecule has 1 aliphatic carbocycles. The molecule has 4 heteroatoms. The van der Waals surface area contributed by atoms with Crippen molar-refractivity contribution in [2.75, 3.05) is 13.1 Å². The van der Waals surface area contributed by atoms with Gasteiger partial charge in [0.25, 0.3) is 0 Å². The van der Waals surface area contributed by atoms with Gasteiger partial charge in [-0.25, -0.2) is 0 Å². The maximum Gasteiger partial charge on any atom is 0.223 e. The smallest absolute Gasteiger partial charge is 0.223 e. The number of carbonyl (C=O) groups excluding carboxylic acids is 1. The lowest BCUT2D eigenvalue weighted by Crippen LogP contribution is -2.48. The van der Waals surface area contributed by atoms with E-state index in [1.165, 1.54) is 32.4 Å². The Balaban J connectivity index is 1.52. The highest BCUT2D eigenvalue weighted by Crippen LogP contribution is 2.28. The van der Waals surface area contributed by atoms with Gasteiger partial charge in [0.05, 0.1) is 0 Å². The molecular weight excluding hydrogens is 238 g/mol. The Bertz CT molecular complexity index is 325. The van der Waals surface area contributed by atoms with E-state index >= 15 is 0 Å². The van der Waals surface area contributed by atoms with Crippen LogP contribution in [0.2, 0.25) is 0 Å². The molecule has 3 aliphatic rings. The van der Waals surface area contributed by atoms with E-state index in [1.54, 1.807) is 0 Å². The molecule has 0 aromatic rings. The number of nitrogens with one attached hydrogen (secondary N) is 1. The van der Waals surface area contributed by atoms with Gasteiger partial charge in [-0.2, -0.15) is 0 Å². The third-order valence-corrected chi connectivity index (χ3v) is 5.33. The lowest BCUT2D eigenvalue weighted by Gasteiger charge is -2.33. The van der Waals surface area contributed by atoms with Crippen LogP contribution in [0.25, 0.3) is 0 Å². The van der Waals surface area contributed by atoms with E-state index in [-0.39, 0.29) is 5.92 Å². The maximum absolute atomic E-state index is 12.4. The van der Waals surface area contributed by atoms with E-state index in [4.69, 9.17) is 5.73 Å². The van der Waals surface area contributed by atoms with Crippen LogP contribution in [0.5, 0.6) is 0 Å². The summed E-state index contributed by atoms with van der Waals surface area (Å²) in [5, 5.41) is 3.34. The van der Waals surface area contributed by atoms with Crippen LogP contribution in [-0.2, 0) is 4.79 Å². The van der Waals surface area contributed by atoms with Gasteiger partial charge in [-0.3, -0.25) is 9.69 Å². The first-order valence-corrected chi connectivity index (χ1v) is 8.04. The van der Waals surface area contributed by atoms with E-state index in [0.29, 0.717) is 24.0 Å². The molecular formula is C15H27N3O. The molecule has 2 atom stereocenters. The minimum absolute atomic E-state index is 0.220. The van der Waals surface area contributed by atoms with Crippen molar-refractivity contribution in [1.29, 1.82) is 0 Å². The molecule has 1 amide bonds. The number of rotatable bonds is 2. The second kappa shape index (κ2) is 5.80. The molecule has 2 unspecified atom stereocenters. The lowest BCUT2D eigenvalue weighted by molar-refractivity contribution is -0.127. The molecule has 0 aromatic heterocycles. The summed E-state index contributed by atoms with van der Waals surface area (Å²) < 4.78 is 0. The molecule has 1 saturated carbocycles. The van der Waals surface area contributed by atoms with E-state index in [2.05, 4.69) is 10.2 Å². The highest BCUT2D eigenvalue weighted by Gasteiger charge is 2.37. The summed E-state index contributed by atoms with van der Waals surface area (Å²) in [6.07, 6.45) is 9.05. The molecule has 3 N–H and O–H groups in total. The van der Waals surface area contributed by atoms with Crippen molar-refractivity contribution in [1.82, 2.24) is 10.2 Å². The molecule has 4 nitrogen and oxygen atoms in total. The van der Waals surface area contributed by atoms with E-state index in [0.717, 1.165) is 32.1 Å². The Hall–Kier alpha value is -0.610. The van der Waals surface area contributed by atoms with Crippen molar-refractivity contribution in [2.24, 2.45) is 11.7 Å². The fourth-order valence-electron chi connectivity index (χ4n) is 4.10. The number of nitrogens with zero attached hydrogens (tertiary/aromatic N) is 1. The largest absolute Gasteiger partial charge is 0.352 e. The van der Waals surface area contributed by atoms with Gasteiger partial charge in [-0.1, -0.05) is 6.42 Å². The standard InChI is InChI=1S/C15H27N3O/c16-12-6-4-11(5-7-12)15(19)17-13-8-10-18-9-2-1-3-14(13)18/h11-14H,1-10,16H2,(H,17,19). The third-order valence-electron chi connectivity index (χ3n) is 5.33. The molecule has 0 aromatic carbocycles. The maximum atomic E-state index is 12.4. The molecule has 0 spiro atoms. The molecule has 2 aliphatic heterocycles. The third kappa shape index (κ3) is 2.95. The predicted molar refractivity (Wildman–Crippen MR) is 75.7 cm³/mol. The number of carbonyl (C=O) groups is 1. The Morgan fingerprint density at radius 1 is 1.00 bits per heavy atom. The summed E-state index contributed by atoms with van der Waals surface area (Å²) in [7, 11) is 0. The summed E-state index contributed by atoms with van der Waals surface area (Å²) in [5.41, 5.74) is 5.91. The van der Waals surface area contributed by atoms with Gasteiger partial charge in [-0.15, -0.1) is 0 Å². The van der Waals surface area contributed by atoms with Crippen LogP contribution in [0.1, 0.15) is 51.4 Å². The topological polar surface area (TPSA) is 58.4 Å². The van der Waals surface area contributed by atoms with E-state index in [1.807, 2.05) is 0 Å². The van der Waals surface area contributed by atoms with Crippen LogP contribution in [0, 0.1) is 5.92 Å². The minimum atomic E-state index is 0.220. The highest BCUT2D eigenvalue weighted by atomic mass is 16.2. The second-order valence-electron chi connectivity index (χ2n) is 6.61. The summed E-state index contributed by atoms with van der Waals surface area (Å²) in [6, 6.07) is 1.34. The lowest BCUT2D eigenvalue weighted by atomic mass is 9.85. The van der Waals surface area contributed by atoms with Crippen LogP contribution in [-0.4, -0.2) is 42.0 Å². The molecule has 3 rings (SSSR count). The number of hydrogen-bond donors (Lipinski definition) is 2. The number of nitrogens with two attached hydrogens (primary N) is 1. The Kier molecular flexibility index (Phi) is 4.08. The quantitative estimate of drug-likeness (QED) is 0.790. The van der Waals surface area contributed by atoms with Crippen LogP contribution in [0.4, 0.5) is 0 Å². The predicted octanol–water partition coefficient (Wildman–Crippen LogP) is 1.25. The van der Waals surface area contributed by atoms with Gasteiger partial charge in [-0.05, 0) is 51.5 Å². The first-order valence-electron chi connectivity index (χ1n) is 8.04. The number of piperidine rings is 1. The molecule has 108 valence electrons. The van der Waals surface area contributed by atoms with Crippen LogP contribution >= 0.6 is 0 Å². The highest BCUT2D eigenvalue weighted by molar-refractivity contribution is 5.79. The van der Waals surface area contributed by atoms with E-state index < -0.39 is 0 Å². The van der Waals surface area contributed by atoms with Crippen molar-refractivity contribution in [3.8, 4) is 0 Å². The SMILES string of the molecule is NC1CCC(C(=O)NC2CCN3CCCCC23)CC1. The summed E-state index contributed by atoms with van der Waals surface area (Å²) >= 11 is 0. The zero-order chi connectivity index (χ0) is 13.2. The van der Waals surface area contributed by atoms with Gasteiger partial charge in [0.15, 0.2) is 0 Å².